The van der Waals surface area contributed by atoms with Crippen molar-refractivity contribution < 1.29 is 23.3 Å². The quantitative estimate of drug-likeness (QED) is 0.678. The third-order valence-electron chi connectivity index (χ3n) is 1.48. The number of hydrogen-bond acceptors (Lipinski definition) is 5. The lowest BCUT2D eigenvalue weighted by molar-refractivity contribution is -0.135. The summed E-state index contributed by atoms with van der Waals surface area (Å²) in [5, 5.41) is 1.39. The van der Waals surface area contributed by atoms with E-state index in [2.05, 4.69) is 4.52 Å². The van der Waals surface area contributed by atoms with Crippen LogP contribution in [0.15, 0.2) is 0 Å². The lowest BCUT2D eigenvalue weighted by Gasteiger charge is -2.26. The highest BCUT2D eigenvalue weighted by Crippen LogP contribution is 2.43. The van der Waals surface area contributed by atoms with Gasteiger partial charge in [0.05, 0.1) is 19.8 Å². The van der Waals surface area contributed by atoms with E-state index in [0.29, 0.717) is 26.3 Å². The molecule has 13 heavy (non-hydrogen) atoms. The Kier molecular flexibility index (Phi) is 4.31. The zero-order valence-corrected chi connectivity index (χ0v) is 8.40. The molecule has 78 valence electrons. The number of morpholine rings is 1. The Hall–Kier alpha value is 0.0300. The summed E-state index contributed by atoms with van der Waals surface area (Å²) in [6.45, 7) is 3.76. The van der Waals surface area contributed by atoms with E-state index in [-0.39, 0.29) is 6.61 Å². The molecule has 1 rings (SSSR count). The highest BCUT2D eigenvalue weighted by molar-refractivity contribution is 7.47. The molecule has 1 N–H and O–H groups in total. The predicted molar refractivity (Wildman–Crippen MR) is 44.9 cm³/mol. The van der Waals surface area contributed by atoms with Crippen LogP contribution in [0.2, 0.25) is 0 Å². The molecule has 0 saturated carbocycles. The molecule has 0 radical (unpaired) electrons. The average molecular weight is 211 g/mol. The van der Waals surface area contributed by atoms with Crippen LogP contribution in [0, 0.1) is 0 Å². The molecule has 1 heterocycles. The molecular weight excluding hydrogens is 197 g/mol. The van der Waals surface area contributed by atoms with Crippen LogP contribution in [0.4, 0.5) is 0 Å². The minimum absolute atomic E-state index is 0.151. The fourth-order valence-electron chi connectivity index (χ4n) is 0.961. The summed E-state index contributed by atoms with van der Waals surface area (Å²) in [5.41, 5.74) is 0. The molecule has 0 aromatic rings. The molecule has 0 bridgehead atoms. The third kappa shape index (κ3) is 4.17. The summed E-state index contributed by atoms with van der Waals surface area (Å²) >= 11 is 0. The van der Waals surface area contributed by atoms with Crippen molar-refractivity contribution in [2.45, 2.75) is 6.92 Å². The van der Waals surface area contributed by atoms with Crippen molar-refractivity contribution in [3.05, 3.63) is 0 Å². The first-order valence-corrected chi connectivity index (χ1v) is 5.63. The molecule has 0 aliphatic carbocycles. The fraction of sp³-hybridized carbons (Fsp3) is 1.00. The van der Waals surface area contributed by atoms with E-state index in [0.717, 1.165) is 0 Å². The van der Waals surface area contributed by atoms with E-state index in [9.17, 15) is 4.57 Å². The molecule has 7 heteroatoms. The van der Waals surface area contributed by atoms with Gasteiger partial charge >= 0.3 is 7.82 Å². The molecule has 1 unspecified atom stereocenters. The topological polar surface area (TPSA) is 68.2 Å². The van der Waals surface area contributed by atoms with Gasteiger partial charge in [0.2, 0.25) is 0 Å². The van der Waals surface area contributed by atoms with Crippen molar-refractivity contribution in [1.82, 2.24) is 5.06 Å². The zero-order chi connectivity index (χ0) is 9.73. The van der Waals surface area contributed by atoms with Crippen molar-refractivity contribution in [2.75, 3.05) is 32.9 Å². The Morgan fingerprint density at radius 1 is 1.54 bits per heavy atom. The van der Waals surface area contributed by atoms with Crippen LogP contribution in [0.1, 0.15) is 6.92 Å². The molecular formula is C6H14NO5P. The van der Waals surface area contributed by atoms with Crippen LogP contribution in [0.3, 0.4) is 0 Å². The predicted octanol–water partition coefficient (Wildman–Crippen LogP) is 0.387. The van der Waals surface area contributed by atoms with Crippen LogP contribution in [-0.4, -0.2) is 42.9 Å². The normalized spacial score (nSPS) is 24.2. The second-order valence-electron chi connectivity index (χ2n) is 2.51. The van der Waals surface area contributed by atoms with E-state index in [1.807, 2.05) is 0 Å². The Balaban J connectivity index is 2.32. The van der Waals surface area contributed by atoms with Gasteiger partial charge in [0, 0.05) is 13.1 Å². The zero-order valence-electron chi connectivity index (χ0n) is 7.51. The Morgan fingerprint density at radius 2 is 2.15 bits per heavy atom. The van der Waals surface area contributed by atoms with Crippen LogP contribution >= 0.6 is 7.82 Å². The van der Waals surface area contributed by atoms with E-state index < -0.39 is 7.82 Å². The van der Waals surface area contributed by atoms with Crippen LogP contribution in [0.25, 0.3) is 0 Å². The first kappa shape index (κ1) is 11.1. The number of hydroxylamine groups is 2. The van der Waals surface area contributed by atoms with Crippen molar-refractivity contribution in [1.29, 1.82) is 0 Å². The summed E-state index contributed by atoms with van der Waals surface area (Å²) in [5.74, 6) is 0. The Labute approximate surface area is 77.0 Å². The first-order chi connectivity index (χ1) is 6.14. The monoisotopic (exact) mass is 211 g/mol. The molecule has 1 fully saturated rings. The molecule has 0 aromatic heterocycles. The van der Waals surface area contributed by atoms with Gasteiger partial charge in [-0.1, -0.05) is 0 Å². The molecule has 0 spiro atoms. The van der Waals surface area contributed by atoms with Crippen LogP contribution < -0.4 is 0 Å². The molecule has 1 aliphatic heterocycles. The van der Waals surface area contributed by atoms with Gasteiger partial charge in [0.1, 0.15) is 0 Å². The summed E-state index contributed by atoms with van der Waals surface area (Å²) in [4.78, 5) is 9.10. The SMILES string of the molecule is CCOP(=O)(O)ON1CCOCC1. The Bertz CT molecular complexity index is 193. The number of hydrogen-bond donors (Lipinski definition) is 1. The second kappa shape index (κ2) is 5.05. The molecule has 1 saturated heterocycles. The van der Waals surface area contributed by atoms with Gasteiger partial charge in [0.15, 0.2) is 0 Å². The maximum Gasteiger partial charge on any atom is 0.488 e. The standard InChI is InChI=1S/C6H14NO5P/c1-2-11-13(8,9)12-7-3-5-10-6-4-7/h2-6H2,1H3,(H,8,9). The Morgan fingerprint density at radius 3 is 2.69 bits per heavy atom. The minimum Gasteiger partial charge on any atom is -0.379 e. The minimum atomic E-state index is -3.89. The van der Waals surface area contributed by atoms with Gasteiger partial charge in [-0.15, -0.1) is 0 Å². The average Bonchev–Trinajstić information content (AvgIpc) is 2.04. The number of phosphoric ester groups is 1. The van der Waals surface area contributed by atoms with Gasteiger partial charge < -0.3 is 9.63 Å². The van der Waals surface area contributed by atoms with Crippen molar-refractivity contribution in [3.63, 3.8) is 0 Å². The third-order valence-corrected chi connectivity index (χ3v) is 2.50. The van der Waals surface area contributed by atoms with Crippen LogP contribution in [-0.2, 0) is 18.5 Å². The first-order valence-electron chi connectivity index (χ1n) is 4.14. The lowest BCUT2D eigenvalue weighted by atomic mass is 10.5. The maximum atomic E-state index is 11.1. The molecule has 6 nitrogen and oxygen atoms in total. The molecule has 0 aromatic carbocycles. The number of phosphoric acid groups is 1. The molecule has 0 amide bonds. The van der Waals surface area contributed by atoms with Gasteiger partial charge in [-0.3, -0.25) is 4.52 Å². The highest BCUT2D eigenvalue weighted by Gasteiger charge is 2.26. The molecule has 1 aliphatic rings. The summed E-state index contributed by atoms with van der Waals surface area (Å²) in [6.07, 6.45) is 0. The van der Waals surface area contributed by atoms with E-state index in [1.54, 1.807) is 6.92 Å². The summed E-state index contributed by atoms with van der Waals surface area (Å²) in [7, 11) is -3.89. The molecule has 1 atom stereocenters. The van der Waals surface area contributed by atoms with E-state index in [1.165, 1.54) is 5.06 Å². The lowest BCUT2D eigenvalue weighted by Crippen LogP contribution is -2.35. The van der Waals surface area contributed by atoms with E-state index >= 15 is 0 Å². The highest BCUT2D eigenvalue weighted by atomic mass is 31.2. The maximum absolute atomic E-state index is 11.1. The van der Waals surface area contributed by atoms with Gasteiger partial charge in [-0.05, 0) is 6.92 Å². The van der Waals surface area contributed by atoms with Crippen LogP contribution in [0.5, 0.6) is 0 Å². The van der Waals surface area contributed by atoms with Gasteiger partial charge in [-0.2, -0.15) is 9.69 Å². The number of ether oxygens (including phenoxy) is 1. The van der Waals surface area contributed by atoms with Crippen molar-refractivity contribution in [3.8, 4) is 0 Å². The number of nitrogens with zero attached hydrogens (tertiary/aromatic N) is 1. The van der Waals surface area contributed by atoms with Gasteiger partial charge in [-0.25, -0.2) is 4.57 Å². The number of rotatable bonds is 4. The summed E-state index contributed by atoms with van der Waals surface area (Å²) < 4.78 is 25.5. The van der Waals surface area contributed by atoms with Crippen molar-refractivity contribution >= 4 is 7.82 Å². The smallest absolute Gasteiger partial charge is 0.379 e. The fourth-order valence-corrected chi connectivity index (χ4v) is 1.79. The van der Waals surface area contributed by atoms with Gasteiger partial charge in [0.25, 0.3) is 0 Å². The van der Waals surface area contributed by atoms with E-state index in [4.69, 9.17) is 14.3 Å². The second-order valence-corrected chi connectivity index (χ2v) is 3.87. The largest absolute Gasteiger partial charge is 0.488 e. The summed E-state index contributed by atoms with van der Waals surface area (Å²) in [6, 6.07) is 0. The van der Waals surface area contributed by atoms with Crippen molar-refractivity contribution in [2.24, 2.45) is 0 Å².